The number of benzene rings is 2. The van der Waals surface area contributed by atoms with E-state index < -0.39 is 0 Å². The van der Waals surface area contributed by atoms with Crippen LogP contribution in [0.1, 0.15) is 35.8 Å². The summed E-state index contributed by atoms with van der Waals surface area (Å²) < 4.78 is 2.06. The quantitative estimate of drug-likeness (QED) is 0.740. The van der Waals surface area contributed by atoms with Gasteiger partial charge in [0.25, 0.3) is 0 Å². The first-order valence-electron chi connectivity index (χ1n) is 7.05. The highest BCUT2D eigenvalue weighted by Crippen LogP contribution is 2.29. The van der Waals surface area contributed by atoms with E-state index in [1.165, 1.54) is 0 Å². The first-order valence-corrected chi connectivity index (χ1v) is 7.05. The Balaban J connectivity index is 2.34. The van der Waals surface area contributed by atoms with Crippen molar-refractivity contribution in [3.8, 4) is 5.69 Å². The van der Waals surface area contributed by atoms with Crippen LogP contribution in [-0.4, -0.2) is 10.4 Å². The van der Waals surface area contributed by atoms with Crippen LogP contribution in [-0.2, 0) is 0 Å². The highest BCUT2D eigenvalue weighted by molar-refractivity contribution is 5.98. The van der Waals surface area contributed by atoms with Crippen molar-refractivity contribution in [2.75, 3.05) is 0 Å². The number of aromatic nitrogens is 1. The van der Waals surface area contributed by atoms with Crippen molar-refractivity contribution in [3.05, 3.63) is 65.9 Å². The second-order valence-corrected chi connectivity index (χ2v) is 5.33. The Morgan fingerprint density at radius 3 is 2.48 bits per heavy atom. The number of carbonyl (C=O) groups excluding carboxylic acids is 1. The first-order chi connectivity index (χ1) is 10.1. The number of rotatable bonds is 3. The van der Waals surface area contributed by atoms with Gasteiger partial charge >= 0.3 is 0 Å². The number of hydrogen-bond acceptors (Lipinski definition) is 2. The predicted octanol–water partition coefficient (Wildman–Crippen LogP) is 3.85. The average Bonchev–Trinajstić information content (AvgIpc) is 2.87. The molecule has 3 nitrogen and oxygen atoms in total. The van der Waals surface area contributed by atoms with Crippen molar-refractivity contribution in [2.24, 2.45) is 5.73 Å². The molecule has 0 aliphatic rings. The molecule has 1 aromatic heterocycles. The fourth-order valence-electron chi connectivity index (χ4n) is 2.75. The van der Waals surface area contributed by atoms with Crippen LogP contribution >= 0.6 is 0 Å². The summed E-state index contributed by atoms with van der Waals surface area (Å²) in [5.41, 5.74) is 9.86. The summed E-state index contributed by atoms with van der Waals surface area (Å²) in [6.45, 7) is 3.57. The molecule has 0 saturated carbocycles. The summed E-state index contributed by atoms with van der Waals surface area (Å²) in [6, 6.07) is 15.7. The van der Waals surface area contributed by atoms with Crippen LogP contribution in [0.2, 0.25) is 0 Å². The molecule has 3 rings (SSSR count). The number of carbonyl (C=O) groups is 1. The van der Waals surface area contributed by atoms with Gasteiger partial charge in [0.1, 0.15) is 0 Å². The molecule has 3 heteroatoms. The van der Waals surface area contributed by atoms with Crippen molar-refractivity contribution in [2.45, 2.75) is 19.9 Å². The maximum Gasteiger partial charge on any atom is 0.161 e. The summed E-state index contributed by atoms with van der Waals surface area (Å²) in [5, 5.41) is 1.13. The molecule has 0 spiro atoms. The van der Waals surface area contributed by atoms with E-state index in [0.29, 0.717) is 0 Å². The Labute approximate surface area is 124 Å². The lowest BCUT2D eigenvalue weighted by molar-refractivity contribution is 0.101. The molecule has 1 atom stereocenters. The van der Waals surface area contributed by atoms with E-state index in [0.717, 1.165) is 27.7 Å². The minimum absolute atomic E-state index is 0.0550. The molecule has 0 fully saturated rings. The molecule has 2 aromatic carbocycles. The van der Waals surface area contributed by atoms with Crippen LogP contribution in [0.15, 0.2) is 54.7 Å². The number of Topliss-reactive ketones (excluding diaryl/α,β-unsaturated/α-hetero) is 1. The lowest BCUT2D eigenvalue weighted by atomic mass is 10.1. The largest absolute Gasteiger partial charge is 0.324 e. The smallest absolute Gasteiger partial charge is 0.161 e. The maximum atomic E-state index is 11.9. The Kier molecular flexibility index (Phi) is 3.35. The summed E-state index contributed by atoms with van der Waals surface area (Å²) >= 11 is 0. The predicted molar refractivity (Wildman–Crippen MR) is 85.9 cm³/mol. The van der Waals surface area contributed by atoms with Gasteiger partial charge < -0.3 is 10.3 Å². The molecular weight excluding hydrogens is 260 g/mol. The zero-order chi connectivity index (χ0) is 15.0. The molecule has 0 radical (unpaired) electrons. The number of hydrogen-bond donors (Lipinski definition) is 1. The molecule has 2 N–H and O–H groups in total. The highest BCUT2D eigenvalue weighted by Gasteiger charge is 2.15. The SMILES string of the molecule is CC(=O)c1ccccc1-n1cc(C(C)N)c2ccccc21. The monoisotopic (exact) mass is 278 g/mol. The van der Waals surface area contributed by atoms with E-state index in [-0.39, 0.29) is 11.8 Å². The first kappa shape index (κ1) is 13.6. The van der Waals surface area contributed by atoms with Crippen molar-refractivity contribution in [1.29, 1.82) is 0 Å². The molecule has 21 heavy (non-hydrogen) atoms. The summed E-state index contributed by atoms with van der Waals surface area (Å²) in [4.78, 5) is 11.9. The fourth-order valence-corrected chi connectivity index (χ4v) is 2.75. The normalized spacial score (nSPS) is 12.5. The molecule has 1 unspecified atom stereocenters. The molecule has 0 aliphatic carbocycles. The maximum absolute atomic E-state index is 11.9. The van der Waals surface area contributed by atoms with Gasteiger partial charge in [-0.1, -0.05) is 30.3 Å². The van der Waals surface area contributed by atoms with Gasteiger partial charge in [-0.15, -0.1) is 0 Å². The van der Waals surface area contributed by atoms with Crippen molar-refractivity contribution >= 4 is 16.7 Å². The second kappa shape index (κ2) is 5.19. The van der Waals surface area contributed by atoms with Gasteiger partial charge in [-0.25, -0.2) is 0 Å². The number of fused-ring (bicyclic) bond motifs is 1. The molecule has 3 aromatic rings. The van der Waals surface area contributed by atoms with E-state index in [4.69, 9.17) is 5.73 Å². The molecule has 106 valence electrons. The number of nitrogens with zero attached hydrogens (tertiary/aromatic N) is 1. The Bertz CT molecular complexity index is 815. The van der Waals surface area contributed by atoms with Gasteiger partial charge in [0.15, 0.2) is 5.78 Å². The molecule has 1 heterocycles. The van der Waals surface area contributed by atoms with Gasteiger partial charge in [-0.2, -0.15) is 0 Å². The van der Waals surface area contributed by atoms with E-state index >= 15 is 0 Å². The Morgan fingerprint density at radius 1 is 1.10 bits per heavy atom. The third kappa shape index (κ3) is 2.26. The van der Waals surface area contributed by atoms with Crippen LogP contribution in [0.4, 0.5) is 0 Å². The summed E-state index contributed by atoms with van der Waals surface area (Å²) in [6.07, 6.45) is 2.04. The van der Waals surface area contributed by atoms with Crippen LogP contribution < -0.4 is 5.73 Å². The lowest BCUT2D eigenvalue weighted by Crippen LogP contribution is -2.04. The van der Waals surface area contributed by atoms with E-state index in [2.05, 4.69) is 16.7 Å². The zero-order valence-corrected chi connectivity index (χ0v) is 12.2. The van der Waals surface area contributed by atoms with Crippen molar-refractivity contribution < 1.29 is 4.79 Å². The van der Waals surface area contributed by atoms with Crippen LogP contribution in [0.5, 0.6) is 0 Å². The van der Waals surface area contributed by atoms with Crippen LogP contribution in [0, 0.1) is 0 Å². The third-order valence-corrected chi connectivity index (χ3v) is 3.78. The van der Waals surface area contributed by atoms with Gasteiger partial charge in [0, 0.05) is 23.2 Å². The molecule has 0 saturated heterocycles. The fraction of sp³-hybridized carbons (Fsp3) is 0.167. The molecule has 0 amide bonds. The van der Waals surface area contributed by atoms with Crippen molar-refractivity contribution in [3.63, 3.8) is 0 Å². The third-order valence-electron chi connectivity index (χ3n) is 3.78. The molecule has 0 aliphatic heterocycles. The van der Waals surface area contributed by atoms with Crippen LogP contribution in [0.25, 0.3) is 16.6 Å². The summed E-state index contributed by atoms with van der Waals surface area (Å²) in [5.74, 6) is 0.0609. The number of ketones is 1. The van der Waals surface area contributed by atoms with Crippen molar-refractivity contribution in [1.82, 2.24) is 4.57 Å². The van der Waals surface area contributed by atoms with Crippen LogP contribution in [0.3, 0.4) is 0 Å². The minimum Gasteiger partial charge on any atom is -0.324 e. The standard InChI is InChI=1S/C18H18N2O/c1-12(19)16-11-20(18-10-6-4-8-15(16)18)17-9-5-3-7-14(17)13(2)21/h3-12H,19H2,1-2H3. The number of nitrogens with two attached hydrogens (primary N) is 1. The second-order valence-electron chi connectivity index (χ2n) is 5.33. The summed E-state index contributed by atoms with van der Waals surface area (Å²) in [7, 11) is 0. The van der Waals surface area contributed by atoms with E-state index in [9.17, 15) is 4.79 Å². The highest BCUT2D eigenvalue weighted by atomic mass is 16.1. The van der Waals surface area contributed by atoms with Gasteiger partial charge in [-0.05, 0) is 37.6 Å². The molecule has 0 bridgehead atoms. The van der Waals surface area contributed by atoms with Gasteiger partial charge in [0.05, 0.1) is 11.2 Å². The van der Waals surface area contributed by atoms with E-state index in [1.54, 1.807) is 6.92 Å². The Hall–Kier alpha value is -2.39. The Morgan fingerprint density at radius 2 is 1.76 bits per heavy atom. The lowest BCUT2D eigenvalue weighted by Gasteiger charge is -2.09. The van der Waals surface area contributed by atoms with E-state index in [1.807, 2.05) is 49.5 Å². The van der Waals surface area contributed by atoms with Gasteiger partial charge in [-0.3, -0.25) is 4.79 Å². The number of para-hydroxylation sites is 2. The molecular formula is C18H18N2O. The topological polar surface area (TPSA) is 48.0 Å². The minimum atomic E-state index is -0.0550. The van der Waals surface area contributed by atoms with Gasteiger partial charge in [0.2, 0.25) is 0 Å². The zero-order valence-electron chi connectivity index (χ0n) is 12.2. The average molecular weight is 278 g/mol.